The quantitative estimate of drug-likeness (QED) is 0.720. The lowest BCUT2D eigenvalue weighted by Gasteiger charge is -1.99. The van der Waals surface area contributed by atoms with Crippen LogP contribution in [0, 0.1) is 5.92 Å². The summed E-state index contributed by atoms with van der Waals surface area (Å²) in [7, 11) is 0. The number of Topliss-reactive ketones (excluding diaryl/α,β-unsaturated/α-hetero) is 2. The zero-order chi connectivity index (χ0) is 10.3. The highest BCUT2D eigenvalue weighted by Gasteiger charge is 2.33. The molecule has 0 radical (unpaired) electrons. The van der Waals surface area contributed by atoms with Crippen molar-refractivity contribution < 1.29 is 9.59 Å². The molecule has 0 N–H and O–H groups in total. The molecule has 0 saturated carbocycles. The van der Waals surface area contributed by atoms with Crippen molar-refractivity contribution in [3.63, 3.8) is 0 Å². The smallest absolute Gasteiger partial charge is 0.173 e. The van der Waals surface area contributed by atoms with Crippen molar-refractivity contribution in [2.75, 3.05) is 0 Å². The normalized spacial score (nSPS) is 19.6. The van der Waals surface area contributed by atoms with Crippen LogP contribution in [-0.2, 0) is 11.2 Å². The molecule has 2 rings (SSSR count). The van der Waals surface area contributed by atoms with E-state index in [1.807, 2.05) is 12.1 Å². The van der Waals surface area contributed by atoms with E-state index in [0.717, 1.165) is 10.0 Å². The molecule has 14 heavy (non-hydrogen) atoms. The number of ketones is 2. The number of hydrogen-bond acceptors (Lipinski definition) is 2. The predicted octanol–water partition coefficient (Wildman–Crippen LogP) is 2.39. The van der Waals surface area contributed by atoms with Crippen molar-refractivity contribution in [2.24, 2.45) is 5.92 Å². The van der Waals surface area contributed by atoms with E-state index in [-0.39, 0.29) is 11.6 Å². The number of carbonyl (C=O) groups excluding carboxylic acids is 2. The predicted molar refractivity (Wildman–Crippen MR) is 56.3 cm³/mol. The van der Waals surface area contributed by atoms with Gasteiger partial charge in [-0.3, -0.25) is 9.59 Å². The van der Waals surface area contributed by atoms with Gasteiger partial charge in [0.2, 0.25) is 0 Å². The first kappa shape index (κ1) is 9.59. The third-order valence-electron chi connectivity index (χ3n) is 2.57. The molecule has 3 heteroatoms. The molecule has 1 unspecified atom stereocenters. The summed E-state index contributed by atoms with van der Waals surface area (Å²) in [6.45, 7) is 1.48. The van der Waals surface area contributed by atoms with E-state index in [1.54, 1.807) is 6.07 Å². The van der Waals surface area contributed by atoms with Gasteiger partial charge in [-0.1, -0.05) is 22.0 Å². The van der Waals surface area contributed by atoms with Crippen LogP contribution in [-0.4, -0.2) is 11.6 Å². The van der Waals surface area contributed by atoms with Crippen molar-refractivity contribution in [3.05, 3.63) is 33.8 Å². The molecule has 0 bridgehead atoms. The minimum atomic E-state index is -0.445. The fourth-order valence-corrected chi connectivity index (χ4v) is 2.15. The molecular weight excluding hydrogens is 244 g/mol. The minimum absolute atomic E-state index is 0.0335. The molecule has 0 amide bonds. The Balaban J connectivity index is 2.46. The topological polar surface area (TPSA) is 34.1 Å². The Kier molecular flexibility index (Phi) is 2.27. The summed E-state index contributed by atoms with van der Waals surface area (Å²) in [6, 6.07) is 5.59. The van der Waals surface area contributed by atoms with Crippen molar-refractivity contribution in [1.82, 2.24) is 0 Å². The van der Waals surface area contributed by atoms with Gasteiger partial charge in [0.25, 0.3) is 0 Å². The standard InChI is InChI=1S/C11H9BrO2/c1-6(13)9-4-7-2-3-8(12)5-10(7)11(9)14/h2-3,5,9H,4H2,1H3. The van der Waals surface area contributed by atoms with Gasteiger partial charge in [0.05, 0.1) is 5.92 Å². The van der Waals surface area contributed by atoms with E-state index in [1.165, 1.54) is 6.92 Å². The molecule has 1 aromatic carbocycles. The molecule has 0 fully saturated rings. The van der Waals surface area contributed by atoms with Crippen LogP contribution < -0.4 is 0 Å². The Bertz CT molecular complexity index is 423. The molecule has 1 aliphatic carbocycles. The van der Waals surface area contributed by atoms with Crippen LogP contribution in [0.3, 0.4) is 0 Å². The van der Waals surface area contributed by atoms with Crippen LogP contribution in [0.25, 0.3) is 0 Å². The molecule has 1 atom stereocenters. The summed E-state index contributed by atoms with van der Waals surface area (Å²) < 4.78 is 0.883. The van der Waals surface area contributed by atoms with Gasteiger partial charge in [0, 0.05) is 10.0 Å². The van der Waals surface area contributed by atoms with Gasteiger partial charge in [-0.2, -0.15) is 0 Å². The van der Waals surface area contributed by atoms with Gasteiger partial charge >= 0.3 is 0 Å². The number of carbonyl (C=O) groups is 2. The van der Waals surface area contributed by atoms with Crippen LogP contribution in [0.4, 0.5) is 0 Å². The molecule has 0 spiro atoms. The summed E-state index contributed by atoms with van der Waals surface area (Å²) in [5, 5.41) is 0. The highest BCUT2D eigenvalue weighted by Crippen LogP contribution is 2.29. The largest absolute Gasteiger partial charge is 0.299 e. The van der Waals surface area contributed by atoms with Gasteiger partial charge in [-0.25, -0.2) is 0 Å². The number of halogens is 1. The fraction of sp³-hybridized carbons (Fsp3) is 0.273. The van der Waals surface area contributed by atoms with E-state index in [4.69, 9.17) is 0 Å². The zero-order valence-corrected chi connectivity index (χ0v) is 9.30. The number of hydrogen-bond donors (Lipinski definition) is 0. The molecule has 0 saturated heterocycles. The van der Waals surface area contributed by atoms with Crippen molar-refractivity contribution >= 4 is 27.5 Å². The summed E-state index contributed by atoms with van der Waals surface area (Å²) in [5.41, 5.74) is 1.68. The minimum Gasteiger partial charge on any atom is -0.299 e. The van der Waals surface area contributed by atoms with Crippen LogP contribution >= 0.6 is 15.9 Å². The fourth-order valence-electron chi connectivity index (χ4n) is 1.78. The highest BCUT2D eigenvalue weighted by atomic mass is 79.9. The molecule has 0 aliphatic heterocycles. The summed E-state index contributed by atoms with van der Waals surface area (Å²) in [4.78, 5) is 22.9. The van der Waals surface area contributed by atoms with E-state index < -0.39 is 5.92 Å². The second kappa shape index (κ2) is 3.31. The Labute approximate surface area is 90.4 Å². The van der Waals surface area contributed by atoms with Crippen LogP contribution in [0.5, 0.6) is 0 Å². The Morgan fingerprint density at radius 2 is 2.21 bits per heavy atom. The molecule has 0 heterocycles. The maximum Gasteiger partial charge on any atom is 0.173 e. The molecule has 0 aromatic heterocycles. The number of benzene rings is 1. The average molecular weight is 253 g/mol. The van der Waals surface area contributed by atoms with Gasteiger partial charge in [-0.05, 0) is 31.0 Å². The summed E-state index contributed by atoms with van der Waals surface area (Å²) in [6.07, 6.45) is 0.566. The summed E-state index contributed by atoms with van der Waals surface area (Å²) in [5.74, 6) is -0.518. The summed E-state index contributed by atoms with van der Waals surface area (Å²) >= 11 is 3.31. The maximum atomic E-state index is 11.7. The van der Waals surface area contributed by atoms with Crippen LogP contribution in [0.2, 0.25) is 0 Å². The molecule has 72 valence electrons. The lowest BCUT2D eigenvalue weighted by atomic mass is 10.0. The Morgan fingerprint density at radius 3 is 2.86 bits per heavy atom. The highest BCUT2D eigenvalue weighted by molar-refractivity contribution is 9.10. The van der Waals surface area contributed by atoms with Gasteiger partial charge in [-0.15, -0.1) is 0 Å². The molecular formula is C11H9BrO2. The molecule has 1 aromatic rings. The second-order valence-corrected chi connectivity index (χ2v) is 4.45. The molecule has 2 nitrogen and oxygen atoms in total. The SMILES string of the molecule is CC(=O)C1Cc2ccc(Br)cc2C1=O. The van der Waals surface area contributed by atoms with Crippen molar-refractivity contribution in [3.8, 4) is 0 Å². The van der Waals surface area contributed by atoms with Crippen LogP contribution in [0.15, 0.2) is 22.7 Å². The number of rotatable bonds is 1. The van der Waals surface area contributed by atoms with E-state index in [9.17, 15) is 9.59 Å². The third-order valence-corrected chi connectivity index (χ3v) is 3.06. The zero-order valence-electron chi connectivity index (χ0n) is 7.71. The van der Waals surface area contributed by atoms with E-state index in [2.05, 4.69) is 15.9 Å². The first-order valence-corrected chi connectivity index (χ1v) is 5.22. The number of fused-ring (bicyclic) bond motifs is 1. The second-order valence-electron chi connectivity index (χ2n) is 3.53. The first-order chi connectivity index (χ1) is 6.59. The van der Waals surface area contributed by atoms with Gasteiger partial charge < -0.3 is 0 Å². The van der Waals surface area contributed by atoms with Crippen molar-refractivity contribution in [1.29, 1.82) is 0 Å². The average Bonchev–Trinajstić information content (AvgIpc) is 2.44. The van der Waals surface area contributed by atoms with Gasteiger partial charge in [0.1, 0.15) is 5.78 Å². The van der Waals surface area contributed by atoms with Crippen LogP contribution in [0.1, 0.15) is 22.8 Å². The van der Waals surface area contributed by atoms with E-state index >= 15 is 0 Å². The van der Waals surface area contributed by atoms with Crippen molar-refractivity contribution in [2.45, 2.75) is 13.3 Å². The lowest BCUT2D eigenvalue weighted by Crippen LogP contribution is -2.17. The Morgan fingerprint density at radius 1 is 1.50 bits per heavy atom. The molecule has 1 aliphatic rings. The van der Waals surface area contributed by atoms with E-state index in [0.29, 0.717) is 12.0 Å². The lowest BCUT2D eigenvalue weighted by molar-refractivity contribution is -0.119. The monoisotopic (exact) mass is 252 g/mol. The third kappa shape index (κ3) is 1.42. The first-order valence-electron chi connectivity index (χ1n) is 4.42. The maximum absolute atomic E-state index is 11.7. The van der Waals surface area contributed by atoms with Gasteiger partial charge in [0.15, 0.2) is 5.78 Å². The Hall–Kier alpha value is -0.960.